The van der Waals surface area contributed by atoms with Crippen LogP contribution in [0.5, 0.6) is 0 Å². The van der Waals surface area contributed by atoms with E-state index in [-0.39, 0.29) is 0 Å². The normalized spacial score (nSPS) is 38.1. The van der Waals surface area contributed by atoms with Crippen LogP contribution in [0.3, 0.4) is 0 Å². The highest BCUT2D eigenvalue weighted by Gasteiger charge is 2.40. The standard InChI is InChI=1S/C15H26N2/c1-2-17-8-6-12(7-9-17)11-16-15-10-13-4-3-5-14(13)15/h3,5,12-16H,2,4,6-11H2,1H3. The minimum absolute atomic E-state index is 0.808. The SMILES string of the molecule is CCN1CCC(CNC2CC3CC=CC32)CC1. The summed E-state index contributed by atoms with van der Waals surface area (Å²) in [6, 6.07) is 0.808. The first-order chi connectivity index (χ1) is 8.36. The lowest BCUT2D eigenvalue weighted by atomic mass is 9.71. The first kappa shape index (κ1) is 11.7. The van der Waals surface area contributed by atoms with Crippen LogP contribution in [-0.2, 0) is 0 Å². The molecule has 0 aromatic rings. The summed E-state index contributed by atoms with van der Waals surface area (Å²) in [7, 11) is 0. The predicted octanol–water partition coefficient (Wildman–Crippen LogP) is 2.27. The Morgan fingerprint density at radius 2 is 2.12 bits per heavy atom. The van der Waals surface area contributed by atoms with Gasteiger partial charge >= 0.3 is 0 Å². The van der Waals surface area contributed by atoms with Crippen molar-refractivity contribution in [2.24, 2.45) is 17.8 Å². The van der Waals surface area contributed by atoms with Crippen molar-refractivity contribution in [3.8, 4) is 0 Å². The van der Waals surface area contributed by atoms with E-state index in [1.165, 1.54) is 51.9 Å². The molecule has 3 aliphatic rings. The number of rotatable bonds is 4. The van der Waals surface area contributed by atoms with Gasteiger partial charge in [0.05, 0.1) is 0 Å². The van der Waals surface area contributed by atoms with Crippen molar-refractivity contribution in [3.05, 3.63) is 12.2 Å². The lowest BCUT2D eigenvalue weighted by Gasteiger charge is -2.42. The molecule has 2 heteroatoms. The van der Waals surface area contributed by atoms with Crippen molar-refractivity contribution in [2.75, 3.05) is 26.2 Å². The molecule has 3 atom stereocenters. The summed E-state index contributed by atoms with van der Waals surface area (Å²) >= 11 is 0. The third-order valence-electron chi connectivity index (χ3n) is 5.19. The van der Waals surface area contributed by atoms with Crippen molar-refractivity contribution in [1.82, 2.24) is 10.2 Å². The molecule has 2 nitrogen and oxygen atoms in total. The van der Waals surface area contributed by atoms with E-state index < -0.39 is 0 Å². The van der Waals surface area contributed by atoms with E-state index in [0.717, 1.165) is 23.8 Å². The molecule has 0 aromatic carbocycles. The Labute approximate surface area is 105 Å². The molecule has 2 aliphatic carbocycles. The Morgan fingerprint density at radius 1 is 1.29 bits per heavy atom. The van der Waals surface area contributed by atoms with Gasteiger partial charge in [-0.25, -0.2) is 0 Å². The average molecular weight is 234 g/mol. The van der Waals surface area contributed by atoms with Gasteiger partial charge in [0.1, 0.15) is 0 Å². The second-order valence-electron chi connectivity index (χ2n) is 6.13. The smallest absolute Gasteiger partial charge is 0.0136 e. The van der Waals surface area contributed by atoms with Gasteiger partial charge in [-0.3, -0.25) is 0 Å². The summed E-state index contributed by atoms with van der Waals surface area (Å²) in [4.78, 5) is 2.58. The molecule has 3 unspecified atom stereocenters. The molecule has 0 spiro atoms. The number of fused-ring (bicyclic) bond motifs is 1. The molecule has 96 valence electrons. The number of piperidine rings is 1. The Hall–Kier alpha value is -0.340. The van der Waals surface area contributed by atoms with E-state index in [1.54, 1.807) is 0 Å². The van der Waals surface area contributed by atoms with E-state index in [4.69, 9.17) is 0 Å². The zero-order valence-corrected chi connectivity index (χ0v) is 11.1. The topological polar surface area (TPSA) is 15.3 Å². The summed E-state index contributed by atoms with van der Waals surface area (Å²) < 4.78 is 0. The summed E-state index contributed by atoms with van der Waals surface area (Å²) in [5.74, 6) is 2.81. The quantitative estimate of drug-likeness (QED) is 0.751. The lowest BCUT2D eigenvalue weighted by Crippen LogP contribution is -2.50. The maximum atomic E-state index is 3.82. The Balaban J connectivity index is 1.36. The molecule has 0 amide bonds. The fourth-order valence-electron chi connectivity index (χ4n) is 3.77. The first-order valence-electron chi connectivity index (χ1n) is 7.49. The van der Waals surface area contributed by atoms with Gasteiger partial charge in [0, 0.05) is 6.04 Å². The number of nitrogens with zero attached hydrogens (tertiary/aromatic N) is 1. The van der Waals surface area contributed by atoms with E-state index in [1.807, 2.05) is 0 Å². The van der Waals surface area contributed by atoms with Crippen LogP contribution in [0.15, 0.2) is 12.2 Å². The Morgan fingerprint density at radius 3 is 2.82 bits per heavy atom. The van der Waals surface area contributed by atoms with Crippen LogP contribution in [0, 0.1) is 17.8 Å². The van der Waals surface area contributed by atoms with Crippen LogP contribution in [0.25, 0.3) is 0 Å². The predicted molar refractivity (Wildman–Crippen MR) is 72.0 cm³/mol. The maximum absolute atomic E-state index is 3.82. The summed E-state index contributed by atoms with van der Waals surface area (Å²) in [5, 5.41) is 3.82. The molecule has 3 rings (SSSR count). The molecule has 1 saturated carbocycles. The molecule has 17 heavy (non-hydrogen) atoms. The number of likely N-dealkylation sites (tertiary alicyclic amines) is 1. The number of hydrogen-bond donors (Lipinski definition) is 1. The van der Waals surface area contributed by atoms with Gasteiger partial charge < -0.3 is 10.2 Å². The molecule has 0 aromatic heterocycles. The van der Waals surface area contributed by atoms with E-state index in [0.29, 0.717) is 0 Å². The minimum Gasteiger partial charge on any atom is -0.313 e. The number of allylic oxidation sites excluding steroid dienone is 1. The Kier molecular flexibility index (Phi) is 3.53. The molecule has 1 heterocycles. The molecule has 1 N–H and O–H groups in total. The fourth-order valence-corrected chi connectivity index (χ4v) is 3.77. The fraction of sp³-hybridized carbons (Fsp3) is 0.867. The highest BCUT2D eigenvalue weighted by Crippen LogP contribution is 2.42. The van der Waals surface area contributed by atoms with Gasteiger partial charge in [-0.1, -0.05) is 19.1 Å². The lowest BCUT2D eigenvalue weighted by molar-refractivity contribution is 0.140. The van der Waals surface area contributed by atoms with Crippen LogP contribution in [0.4, 0.5) is 0 Å². The van der Waals surface area contributed by atoms with Crippen molar-refractivity contribution in [3.63, 3.8) is 0 Å². The monoisotopic (exact) mass is 234 g/mol. The van der Waals surface area contributed by atoms with Gasteiger partial charge in [-0.05, 0) is 69.6 Å². The zero-order chi connectivity index (χ0) is 11.7. The Bertz CT molecular complexity index is 279. The molecular weight excluding hydrogens is 208 g/mol. The second-order valence-corrected chi connectivity index (χ2v) is 6.13. The molecule has 2 fully saturated rings. The maximum Gasteiger partial charge on any atom is 0.0136 e. The van der Waals surface area contributed by atoms with Crippen LogP contribution in [0.1, 0.15) is 32.6 Å². The van der Waals surface area contributed by atoms with Gasteiger partial charge in [0.2, 0.25) is 0 Å². The van der Waals surface area contributed by atoms with Crippen LogP contribution < -0.4 is 5.32 Å². The van der Waals surface area contributed by atoms with Crippen molar-refractivity contribution in [2.45, 2.75) is 38.6 Å². The van der Waals surface area contributed by atoms with Crippen LogP contribution >= 0.6 is 0 Å². The van der Waals surface area contributed by atoms with Crippen LogP contribution in [0.2, 0.25) is 0 Å². The van der Waals surface area contributed by atoms with Gasteiger partial charge in [-0.2, -0.15) is 0 Å². The van der Waals surface area contributed by atoms with E-state index in [9.17, 15) is 0 Å². The first-order valence-corrected chi connectivity index (χ1v) is 7.49. The summed E-state index contributed by atoms with van der Waals surface area (Å²) in [6.07, 6.45) is 10.4. The molecule has 1 saturated heterocycles. The van der Waals surface area contributed by atoms with Crippen molar-refractivity contribution >= 4 is 0 Å². The largest absolute Gasteiger partial charge is 0.313 e. The van der Waals surface area contributed by atoms with Gasteiger partial charge in [-0.15, -0.1) is 0 Å². The third kappa shape index (κ3) is 2.43. The van der Waals surface area contributed by atoms with Gasteiger partial charge in [0.25, 0.3) is 0 Å². The molecular formula is C15H26N2. The van der Waals surface area contributed by atoms with Crippen molar-refractivity contribution < 1.29 is 0 Å². The van der Waals surface area contributed by atoms with E-state index >= 15 is 0 Å². The van der Waals surface area contributed by atoms with Gasteiger partial charge in [0.15, 0.2) is 0 Å². The van der Waals surface area contributed by atoms with Crippen LogP contribution in [-0.4, -0.2) is 37.1 Å². The zero-order valence-electron chi connectivity index (χ0n) is 11.1. The molecule has 0 radical (unpaired) electrons. The molecule has 0 bridgehead atoms. The summed E-state index contributed by atoms with van der Waals surface area (Å²) in [6.45, 7) is 7.41. The second kappa shape index (κ2) is 5.11. The van der Waals surface area contributed by atoms with Crippen molar-refractivity contribution in [1.29, 1.82) is 0 Å². The average Bonchev–Trinajstić information content (AvgIpc) is 2.72. The minimum atomic E-state index is 0.808. The summed E-state index contributed by atoms with van der Waals surface area (Å²) in [5.41, 5.74) is 0. The number of nitrogens with one attached hydrogen (secondary N) is 1. The third-order valence-corrected chi connectivity index (χ3v) is 5.19. The van der Waals surface area contributed by atoms with E-state index in [2.05, 4.69) is 29.3 Å². The highest BCUT2D eigenvalue weighted by atomic mass is 15.1. The molecule has 1 aliphatic heterocycles. The number of hydrogen-bond acceptors (Lipinski definition) is 2. The highest BCUT2D eigenvalue weighted by molar-refractivity contribution is 5.12.